The van der Waals surface area contributed by atoms with Gasteiger partial charge in [0.05, 0.1) is 24.7 Å². The highest BCUT2D eigenvalue weighted by atomic mass is 16.5. The van der Waals surface area contributed by atoms with Crippen LogP contribution >= 0.6 is 0 Å². The summed E-state index contributed by atoms with van der Waals surface area (Å²) in [7, 11) is 0. The number of hydrogen-bond acceptors (Lipinski definition) is 5. The summed E-state index contributed by atoms with van der Waals surface area (Å²) in [5, 5.41) is 10.3. The maximum atomic E-state index is 11.3. The average molecular weight is 301 g/mol. The molecule has 7 heteroatoms. The van der Waals surface area contributed by atoms with Crippen molar-refractivity contribution in [2.45, 2.75) is 19.8 Å². The Kier molecular flexibility index (Phi) is 4.32. The smallest absolute Gasteiger partial charge is 0.219 e. The number of carbonyl (C=O) groups is 1. The van der Waals surface area contributed by atoms with Gasteiger partial charge in [-0.25, -0.2) is 0 Å². The van der Waals surface area contributed by atoms with E-state index in [2.05, 4.69) is 20.4 Å². The fourth-order valence-corrected chi connectivity index (χ4v) is 2.57. The van der Waals surface area contributed by atoms with E-state index in [0.717, 1.165) is 37.4 Å². The molecule has 0 spiro atoms. The number of aromatic amines is 1. The summed E-state index contributed by atoms with van der Waals surface area (Å²) in [5.41, 5.74) is 1.47. The minimum Gasteiger partial charge on any atom is -0.492 e. The molecule has 7 nitrogen and oxygen atoms in total. The number of nitrogens with zero attached hydrogens (tertiary/aromatic N) is 4. The fourth-order valence-electron chi connectivity index (χ4n) is 2.57. The zero-order valence-electron chi connectivity index (χ0n) is 12.5. The first-order valence-corrected chi connectivity index (χ1v) is 7.43. The number of amides is 1. The lowest BCUT2D eigenvalue weighted by atomic mass is 9.98. The Hall–Kier alpha value is -2.44. The number of H-pyrrole nitrogens is 1. The lowest BCUT2D eigenvalue weighted by Crippen LogP contribution is -2.38. The molecule has 3 heterocycles. The standard InChI is InChI=1S/C15H19N5O2/c1-11(21)20-6-4-12(5-7-20)10-22-13-2-3-14(16-8-13)15-9-17-19-18-15/h2-3,8-9,12H,4-7,10H2,1H3,(H,17,18,19). The predicted molar refractivity (Wildman–Crippen MR) is 80.1 cm³/mol. The van der Waals surface area contributed by atoms with Crippen LogP contribution in [0.1, 0.15) is 19.8 Å². The van der Waals surface area contributed by atoms with E-state index < -0.39 is 0 Å². The molecule has 0 bridgehead atoms. The lowest BCUT2D eigenvalue weighted by molar-refractivity contribution is -0.130. The molecule has 2 aromatic rings. The van der Waals surface area contributed by atoms with Crippen molar-refractivity contribution < 1.29 is 9.53 Å². The molecule has 1 N–H and O–H groups in total. The summed E-state index contributed by atoms with van der Waals surface area (Å²) in [6.45, 7) is 3.94. The third kappa shape index (κ3) is 3.41. The van der Waals surface area contributed by atoms with Crippen LogP contribution in [0, 0.1) is 5.92 Å². The Balaban J connectivity index is 1.49. The van der Waals surface area contributed by atoms with E-state index in [-0.39, 0.29) is 5.91 Å². The van der Waals surface area contributed by atoms with Gasteiger partial charge in [-0.3, -0.25) is 9.78 Å². The first-order chi connectivity index (χ1) is 10.7. The highest BCUT2D eigenvalue weighted by Crippen LogP contribution is 2.20. The van der Waals surface area contributed by atoms with E-state index in [1.165, 1.54) is 0 Å². The minimum atomic E-state index is 0.159. The molecule has 3 rings (SSSR count). The summed E-state index contributed by atoms with van der Waals surface area (Å²) in [4.78, 5) is 17.5. The summed E-state index contributed by atoms with van der Waals surface area (Å²) in [6.07, 6.45) is 5.31. The number of nitrogens with one attached hydrogen (secondary N) is 1. The predicted octanol–water partition coefficient (Wildman–Crippen LogP) is 1.50. The monoisotopic (exact) mass is 301 g/mol. The van der Waals surface area contributed by atoms with E-state index in [0.29, 0.717) is 18.2 Å². The van der Waals surface area contributed by atoms with Crippen molar-refractivity contribution >= 4 is 5.91 Å². The van der Waals surface area contributed by atoms with Gasteiger partial charge in [0.1, 0.15) is 11.4 Å². The van der Waals surface area contributed by atoms with Gasteiger partial charge >= 0.3 is 0 Å². The number of likely N-dealkylation sites (tertiary alicyclic amines) is 1. The van der Waals surface area contributed by atoms with Crippen molar-refractivity contribution in [3.63, 3.8) is 0 Å². The molecule has 1 aliphatic heterocycles. The molecule has 1 fully saturated rings. The second-order valence-corrected chi connectivity index (χ2v) is 5.49. The first-order valence-electron chi connectivity index (χ1n) is 7.43. The molecule has 0 unspecified atom stereocenters. The average Bonchev–Trinajstić information content (AvgIpc) is 3.08. The quantitative estimate of drug-likeness (QED) is 0.925. The topological polar surface area (TPSA) is 84.0 Å². The largest absolute Gasteiger partial charge is 0.492 e. The third-order valence-electron chi connectivity index (χ3n) is 3.96. The van der Waals surface area contributed by atoms with Crippen molar-refractivity contribution in [2.75, 3.05) is 19.7 Å². The van der Waals surface area contributed by atoms with Crippen LogP contribution in [-0.4, -0.2) is 50.9 Å². The normalized spacial score (nSPS) is 15.8. The number of hydrogen-bond donors (Lipinski definition) is 1. The molecule has 0 aromatic carbocycles. The van der Waals surface area contributed by atoms with Gasteiger partial charge < -0.3 is 9.64 Å². The van der Waals surface area contributed by atoms with Crippen LogP contribution < -0.4 is 4.74 Å². The van der Waals surface area contributed by atoms with Crippen LogP contribution in [0.2, 0.25) is 0 Å². The van der Waals surface area contributed by atoms with Crippen molar-refractivity contribution in [2.24, 2.45) is 5.92 Å². The second kappa shape index (κ2) is 6.55. The van der Waals surface area contributed by atoms with Crippen molar-refractivity contribution in [1.29, 1.82) is 0 Å². The molecule has 1 aliphatic rings. The van der Waals surface area contributed by atoms with Crippen LogP contribution in [0.15, 0.2) is 24.5 Å². The molecule has 2 aromatic heterocycles. The SMILES string of the molecule is CC(=O)N1CCC(COc2ccc(-c3cn[nH]n3)nc2)CC1. The molecule has 0 aliphatic carbocycles. The molecule has 1 amide bonds. The Bertz CT molecular complexity index is 603. The van der Waals surface area contributed by atoms with Crippen molar-refractivity contribution in [1.82, 2.24) is 25.3 Å². The van der Waals surface area contributed by atoms with E-state index >= 15 is 0 Å². The number of ether oxygens (including phenoxy) is 1. The van der Waals surface area contributed by atoms with Gasteiger partial charge in [0, 0.05) is 20.0 Å². The summed E-state index contributed by atoms with van der Waals surface area (Å²) >= 11 is 0. The van der Waals surface area contributed by atoms with E-state index in [9.17, 15) is 4.79 Å². The number of piperidine rings is 1. The highest BCUT2D eigenvalue weighted by Gasteiger charge is 2.21. The van der Waals surface area contributed by atoms with Crippen LogP contribution in [0.5, 0.6) is 5.75 Å². The van der Waals surface area contributed by atoms with Crippen molar-refractivity contribution in [3.8, 4) is 17.1 Å². The van der Waals surface area contributed by atoms with Crippen LogP contribution in [-0.2, 0) is 4.79 Å². The summed E-state index contributed by atoms with van der Waals surface area (Å²) in [5.74, 6) is 1.40. The van der Waals surface area contributed by atoms with Gasteiger partial charge in [-0.2, -0.15) is 15.4 Å². The van der Waals surface area contributed by atoms with Crippen LogP contribution in [0.25, 0.3) is 11.4 Å². The number of aromatic nitrogens is 4. The zero-order valence-corrected chi connectivity index (χ0v) is 12.5. The highest BCUT2D eigenvalue weighted by molar-refractivity contribution is 5.73. The van der Waals surface area contributed by atoms with E-state index in [1.807, 2.05) is 17.0 Å². The van der Waals surface area contributed by atoms with Gasteiger partial charge in [0.25, 0.3) is 0 Å². The molecular weight excluding hydrogens is 282 g/mol. The number of rotatable bonds is 4. The minimum absolute atomic E-state index is 0.159. The Morgan fingerprint density at radius 2 is 2.14 bits per heavy atom. The van der Waals surface area contributed by atoms with Crippen LogP contribution in [0.4, 0.5) is 0 Å². The van der Waals surface area contributed by atoms with Gasteiger partial charge in [-0.1, -0.05) is 0 Å². The summed E-state index contributed by atoms with van der Waals surface area (Å²) in [6, 6.07) is 3.76. The zero-order chi connectivity index (χ0) is 15.4. The van der Waals surface area contributed by atoms with Crippen molar-refractivity contribution in [3.05, 3.63) is 24.5 Å². The van der Waals surface area contributed by atoms with Gasteiger partial charge in [0.2, 0.25) is 5.91 Å². The number of carbonyl (C=O) groups excluding carboxylic acids is 1. The molecule has 22 heavy (non-hydrogen) atoms. The Labute approximate surface area is 128 Å². The lowest BCUT2D eigenvalue weighted by Gasteiger charge is -2.31. The van der Waals surface area contributed by atoms with E-state index in [1.54, 1.807) is 19.3 Å². The van der Waals surface area contributed by atoms with Gasteiger partial charge in [0.15, 0.2) is 0 Å². The fraction of sp³-hybridized carbons (Fsp3) is 0.467. The van der Waals surface area contributed by atoms with Gasteiger partial charge in [-0.15, -0.1) is 0 Å². The van der Waals surface area contributed by atoms with Crippen LogP contribution in [0.3, 0.4) is 0 Å². The molecule has 0 atom stereocenters. The maximum Gasteiger partial charge on any atom is 0.219 e. The first kappa shape index (κ1) is 14.5. The second-order valence-electron chi connectivity index (χ2n) is 5.49. The van der Waals surface area contributed by atoms with Gasteiger partial charge in [-0.05, 0) is 30.9 Å². The maximum absolute atomic E-state index is 11.3. The molecule has 0 saturated carbocycles. The third-order valence-corrected chi connectivity index (χ3v) is 3.96. The number of pyridine rings is 1. The molecule has 116 valence electrons. The Morgan fingerprint density at radius 1 is 1.32 bits per heavy atom. The van der Waals surface area contributed by atoms with E-state index in [4.69, 9.17) is 4.74 Å². The summed E-state index contributed by atoms with van der Waals surface area (Å²) < 4.78 is 5.80. The molecule has 0 radical (unpaired) electrons. The molecular formula is C15H19N5O2. The molecule has 1 saturated heterocycles. The Morgan fingerprint density at radius 3 is 2.73 bits per heavy atom.